The van der Waals surface area contributed by atoms with E-state index in [1.807, 2.05) is 18.2 Å². The van der Waals surface area contributed by atoms with E-state index in [2.05, 4.69) is 35.3 Å². The van der Waals surface area contributed by atoms with Crippen LogP contribution in [-0.4, -0.2) is 40.5 Å². The Labute approximate surface area is 179 Å². The minimum atomic E-state index is -3.30. The van der Waals surface area contributed by atoms with E-state index in [0.29, 0.717) is 5.92 Å². The molecule has 0 saturated heterocycles. The molecule has 1 saturated carbocycles. The van der Waals surface area contributed by atoms with Crippen LogP contribution in [0.3, 0.4) is 0 Å². The predicted molar refractivity (Wildman–Crippen MR) is 123 cm³/mol. The zero-order valence-electron chi connectivity index (χ0n) is 18.2. The lowest BCUT2D eigenvalue weighted by molar-refractivity contribution is 0.260. The molecule has 0 amide bonds. The van der Waals surface area contributed by atoms with E-state index in [-0.39, 0.29) is 6.04 Å². The fourth-order valence-corrected chi connectivity index (χ4v) is 5.84. The number of sulfonamides is 1. The minimum Gasteiger partial charge on any atom is -0.342 e. The Morgan fingerprint density at radius 3 is 2.27 bits per heavy atom. The maximum absolute atomic E-state index is 12.8. The number of imidazole rings is 1. The Kier molecular flexibility index (Phi) is 5.49. The lowest BCUT2D eigenvalue weighted by atomic mass is 9.85. The van der Waals surface area contributed by atoms with E-state index < -0.39 is 14.8 Å². The predicted octanol–water partition coefficient (Wildman–Crippen LogP) is 5.32. The summed E-state index contributed by atoms with van der Waals surface area (Å²) in [4.78, 5) is 8.37. The topological polar surface area (TPSA) is 66.1 Å². The first kappa shape index (κ1) is 21.1. The Balaban J connectivity index is 1.48. The van der Waals surface area contributed by atoms with Crippen LogP contribution in [0.15, 0.2) is 48.5 Å². The van der Waals surface area contributed by atoms with Gasteiger partial charge in [0, 0.05) is 19.0 Å². The fourth-order valence-electron chi connectivity index (χ4n) is 4.37. The number of aromatic nitrogens is 2. The minimum absolute atomic E-state index is 0.0690. The van der Waals surface area contributed by atoms with Gasteiger partial charge >= 0.3 is 0 Å². The average Bonchev–Trinajstić information content (AvgIpc) is 3.16. The maximum Gasteiger partial charge on any atom is 0.219 e. The van der Waals surface area contributed by atoms with Crippen LogP contribution < -0.4 is 0 Å². The summed E-state index contributed by atoms with van der Waals surface area (Å²) in [5.74, 6) is 1.37. The molecule has 0 bridgehead atoms. The van der Waals surface area contributed by atoms with Gasteiger partial charge in [-0.05, 0) is 69.7 Å². The highest BCUT2D eigenvalue weighted by Crippen LogP contribution is 2.36. The third-order valence-corrected chi connectivity index (χ3v) is 8.96. The smallest absolute Gasteiger partial charge is 0.219 e. The fraction of sp³-hybridized carbons (Fsp3) is 0.458. The van der Waals surface area contributed by atoms with Crippen LogP contribution in [0.4, 0.5) is 0 Å². The molecule has 4 rings (SSSR count). The molecular formula is C24H31N3O2S. The first-order chi connectivity index (χ1) is 14.2. The molecule has 0 atom stereocenters. The second-order valence-corrected chi connectivity index (χ2v) is 12.1. The molecule has 0 unspecified atom stereocenters. The van der Waals surface area contributed by atoms with Crippen molar-refractivity contribution in [1.82, 2.24) is 14.3 Å². The van der Waals surface area contributed by atoms with Crippen LogP contribution in [0.5, 0.6) is 0 Å². The van der Waals surface area contributed by atoms with Gasteiger partial charge in [-0.15, -0.1) is 0 Å². The molecule has 160 valence electrons. The number of nitrogens with one attached hydrogen (secondary N) is 1. The van der Waals surface area contributed by atoms with Gasteiger partial charge in [0.15, 0.2) is 0 Å². The Hall–Kier alpha value is -2.18. The molecule has 1 aromatic heterocycles. The van der Waals surface area contributed by atoms with Gasteiger partial charge in [0.05, 0.1) is 15.8 Å². The normalized spacial score (nSPS) is 20.7. The summed E-state index contributed by atoms with van der Waals surface area (Å²) in [5.41, 5.74) is 4.41. The summed E-state index contributed by atoms with van der Waals surface area (Å²) in [5, 5.41) is 0. The van der Waals surface area contributed by atoms with Crippen molar-refractivity contribution in [1.29, 1.82) is 0 Å². The number of H-pyrrole nitrogens is 1. The molecule has 2 aromatic carbocycles. The van der Waals surface area contributed by atoms with Crippen molar-refractivity contribution in [3.63, 3.8) is 0 Å². The largest absolute Gasteiger partial charge is 0.342 e. The quantitative estimate of drug-likeness (QED) is 0.615. The van der Waals surface area contributed by atoms with Gasteiger partial charge in [0.2, 0.25) is 10.0 Å². The van der Waals surface area contributed by atoms with Crippen molar-refractivity contribution < 1.29 is 8.42 Å². The number of aromatic amines is 1. The second kappa shape index (κ2) is 7.82. The summed E-state index contributed by atoms with van der Waals surface area (Å²) in [6.07, 6.45) is 3.62. The molecule has 1 N–H and O–H groups in total. The zero-order chi connectivity index (χ0) is 21.5. The molecule has 0 aliphatic heterocycles. The molecule has 0 spiro atoms. The molecule has 5 nitrogen and oxygen atoms in total. The summed E-state index contributed by atoms with van der Waals surface area (Å²) in [6.45, 7) is 5.30. The molecule has 0 radical (unpaired) electrons. The number of fused-ring (bicyclic) bond motifs is 1. The molecule has 1 fully saturated rings. The molecule has 3 aromatic rings. The number of hydrogen-bond acceptors (Lipinski definition) is 3. The van der Waals surface area contributed by atoms with E-state index in [4.69, 9.17) is 4.98 Å². The van der Waals surface area contributed by atoms with E-state index in [9.17, 15) is 8.42 Å². The van der Waals surface area contributed by atoms with Crippen LogP contribution >= 0.6 is 0 Å². The molecule has 30 heavy (non-hydrogen) atoms. The summed E-state index contributed by atoms with van der Waals surface area (Å²) in [6, 6.07) is 16.8. The first-order valence-corrected chi connectivity index (χ1v) is 12.1. The Morgan fingerprint density at radius 1 is 0.967 bits per heavy atom. The van der Waals surface area contributed by atoms with Crippen LogP contribution in [0.2, 0.25) is 0 Å². The third-order valence-electron chi connectivity index (χ3n) is 6.36. The Morgan fingerprint density at radius 2 is 1.63 bits per heavy atom. The highest BCUT2D eigenvalue weighted by molar-refractivity contribution is 7.90. The number of rotatable bonds is 4. The van der Waals surface area contributed by atoms with E-state index in [1.165, 1.54) is 11.1 Å². The Bertz CT molecular complexity index is 1120. The number of hydrogen-bond donors (Lipinski definition) is 1. The standard InChI is InChI=1S/C24H31N3O2S/c1-24(2,3)30(28,29)27(4)20-13-10-18(11-14-20)23-25-21-15-12-19(16-22(21)26-23)17-8-6-5-7-9-17/h5-9,12,15-16,18,20H,10-11,13-14H2,1-4H3,(H,25,26). The monoisotopic (exact) mass is 425 g/mol. The highest BCUT2D eigenvalue weighted by Gasteiger charge is 2.38. The van der Waals surface area contributed by atoms with Crippen LogP contribution in [0, 0.1) is 0 Å². The third kappa shape index (κ3) is 3.91. The van der Waals surface area contributed by atoms with Gasteiger partial charge < -0.3 is 4.98 Å². The van der Waals surface area contributed by atoms with Gasteiger partial charge in [-0.25, -0.2) is 17.7 Å². The summed E-state index contributed by atoms with van der Waals surface area (Å²) >= 11 is 0. The lowest BCUT2D eigenvalue weighted by Gasteiger charge is -2.36. The molecule has 1 aliphatic carbocycles. The first-order valence-electron chi connectivity index (χ1n) is 10.7. The summed E-state index contributed by atoms with van der Waals surface area (Å²) < 4.78 is 26.4. The van der Waals surface area contributed by atoms with Crippen LogP contribution in [0.1, 0.15) is 58.2 Å². The van der Waals surface area contributed by atoms with Crippen molar-refractivity contribution in [3.8, 4) is 11.1 Å². The molecular weight excluding hydrogens is 394 g/mol. The van der Waals surface area contributed by atoms with Crippen molar-refractivity contribution in [3.05, 3.63) is 54.4 Å². The SMILES string of the molecule is CN(C1CCC(c2nc3ccc(-c4ccccc4)cc3[nH]2)CC1)S(=O)(=O)C(C)(C)C. The van der Waals surface area contributed by atoms with Crippen LogP contribution in [0.25, 0.3) is 22.2 Å². The van der Waals surface area contributed by atoms with Crippen molar-refractivity contribution in [2.45, 2.75) is 63.2 Å². The number of benzene rings is 2. The molecule has 6 heteroatoms. The van der Waals surface area contributed by atoms with E-state index in [1.54, 1.807) is 32.1 Å². The van der Waals surface area contributed by atoms with Gasteiger partial charge in [-0.2, -0.15) is 0 Å². The molecule has 1 aliphatic rings. The highest BCUT2D eigenvalue weighted by atomic mass is 32.2. The lowest BCUT2D eigenvalue weighted by Crippen LogP contribution is -2.46. The van der Waals surface area contributed by atoms with Gasteiger partial charge in [0.25, 0.3) is 0 Å². The van der Waals surface area contributed by atoms with E-state index >= 15 is 0 Å². The number of nitrogens with zero attached hydrogens (tertiary/aromatic N) is 2. The zero-order valence-corrected chi connectivity index (χ0v) is 19.0. The average molecular weight is 426 g/mol. The maximum atomic E-state index is 12.8. The molecule has 1 heterocycles. The van der Waals surface area contributed by atoms with Gasteiger partial charge in [-0.3, -0.25) is 0 Å². The van der Waals surface area contributed by atoms with Crippen molar-refractivity contribution in [2.75, 3.05) is 7.05 Å². The van der Waals surface area contributed by atoms with Crippen molar-refractivity contribution >= 4 is 21.1 Å². The van der Waals surface area contributed by atoms with Gasteiger partial charge in [0.1, 0.15) is 5.82 Å². The van der Waals surface area contributed by atoms with E-state index in [0.717, 1.165) is 42.5 Å². The van der Waals surface area contributed by atoms with Gasteiger partial charge in [-0.1, -0.05) is 36.4 Å². The second-order valence-electron chi connectivity index (χ2n) is 9.36. The van der Waals surface area contributed by atoms with Crippen LogP contribution in [-0.2, 0) is 10.0 Å². The summed E-state index contributed by atoms with van der Waals surface area (Å²) in [7, 11) is -1.57. The van der Waals surface area contributed by atoms with Crippen molar-refractivity contribution in [2.24, 2.45) is 0 Å².